The number of aliphatic hydroxyl groups excluding tert-OH is 1. The summed E-state index contributed by atoms with van der Waals surface area (Å²) in [5, 5.41) is 12.4. The molecule has 1 unspecified atom stereocenters. The summed E-state index contributed by atoms with van der Waals surface area (Å²) >= 11 is 6.02. The zero-order chi connectivity index (χ0) is 15.0. The Morgan fingerprint density at radius 2 is 2.25 bits per heavy atom. The zero-order valence-electron chi connectivity index (χ0n) is 11.7. The monoisotopic (exact) mass is 301 g/mol. The highest BCUT2D eigenvalue weighted by Crippen LogP contribution is 2.29. The summed E-state index contributed by atoms with van der Waals surface area (Å²) in [6, 6.07) is 5.07. The number of hydrogen-bond donors (Lipinski definition) is 2. The van der Waals surface area contributed by atoms with Crippen molar-refractivity contribution < 1.29 is 19.4 Å². The van der Waals surface area contributed by atoms with Gasteiger partial charge in [-0.3, -0.25) is 4.79 Å². The minimum absolute atomic E-state index is 0.196. The standard InChI is InChI=1S/C14H20ClNO4/c1-10(14(18)16-7-4-8-19-2)20-13-11(9-17)5-3-6-12(13)15/h3,5-6,10,17H,4,7-9H2,1-2H3,(H,16,18). The van der Waals surface area contributed by atoms with Gasteiger partial charge in [-0.25, -0.2) is 0 Å². The van der Waals surface area contributed by atoms with Crippen LogP contribution >= 0.6 is 11.6 Å². The number of benzene rings is 1. The first-order valence-corrected chi connectivity index (χ1v) is 6.79. The molecule has 0 aliphatic carbocycles. The molecular weight excluding hydrogens is 282 g/mol. The van der Waals surface area contributed by atoms with Crippen LogP contribution in [0.3, 0.4) is 0 Å². The first-order valence-electron chi connectivity index (χ1n) is 6.41. The number of carbonyl (C=O) groups is 1. The third kappa shape index (κ3) is 5.00. The molecule has 20 heavy (non-hydrogen) atoms. The maximum Gasteiger partial charge on any atom is 0.260 e. The molecule has 6 heteroatoms. The van der Waals surface area contributed by atoms with Gasteiger partial charge in [0.2, 0.25) is 0 Å². The SMILES string of the molecule is COCCCNC(=O)C(C)Oc1c(Cl)cccc1CO. The molecule has 1 atom stereocenters. The minimum atomic E-state index is -0.692. The van der Waals surface area contributed by atoms with E-state index in [2.05, 4.69) is 5.32 Å². The number of rotatable bonds is 8. The number of amides is 1. The lowest BCUT2D eigenvalue weighted by Gasteiger charge is -2.17. The number of para-hydroxylation sites is 1. The Bertz CT molecular complexity index is 439. The van der Waals surface area contributed by atoms with Gasteiger partial charge in [-0.15, -0.1) is 0 Å². The highest BCUT2D eigenvalue weighted by atomic mass is 35.5. The molecule has 0 radical (unpaired) electrons. The van der Waals surface area contributed by atoms with Gasteiger partial charge >= 0.3 is 0 Å². The van der Waals surface area contributed by atoms with Crippen LogP contribution in [0.25, 0.3) is 0 Å². The zero-order valence-corrected chi connectivity index (χ0v) is 12.4. The summed E-state index contributed by atoms with van der Waals surface area (Å²) < 4.78 is 10.4. The number of hydrogen-bond acceptors (Lipinski definition) is 4. The summed E-state index contributed by atoms with van der Waals surface area (Å²) in [6.07, 6.45) is 0.0471. The Labute approximate surface area is 123 Å². The third-order valence-electron chi connectivity index (χ3n) is 2.71. The molecule has 0 aliphatic heterocycles. The molecule has 1 aromatic rings. The average Bonchev–Trinajstić information content (AvgIpc) is 2.45. The van der Waals surface area contributed by atoms with Gasteiger partial charge in [0, 0.05) is 25.8 Å². The smallest absolute Gasteiger partial charge is 0.260 e. The van der Waals surface area contributed by atoms with E-state index >= 15 is 0 Å². The van der Waals surface area contributed by atoms with E-state index in [1.54, 1.807) is 32.2 Å². The molecule has 0 aromatic heterocycles. The van der Waals surface area contributed by atoms with E-state index in [9.17, 15) is 9.90 Å². The number of carbonyl (C=O) groups excluding carboxylic acids is 1. The van der Waals surface area contributed by atoms with Crippen molar-refractivity contribution in [1.82, 2.24) is 5.32 Å². The van der Waals surface area contributed by atoms with Crippen LogP contribution < -0.4 is 10.1 Å². The van der Waals surface area contributed by atoms with Crippen LogP contribution in [0.2, 0.25) is 5.02 Å². The van der Waals surface area contributed by atoms with E-state index < -0.39 is 6.10 Å². The van der Waals surface area contributed by atoms with Crippen LogP contribution in [-0.4, -0.2) is 37.4 Å². The summed E-state index contributed by atoms with van der Waals surface area (Å²) in [7, 11) is 1.61. The van der Waals surface area contributed by atoms with Crippen molar-refractivity contribution >= 4 is 17.5 Å². The van der Waals surface area contributed by atoms with E-state index in [1.807, 2.05) is 0 Å². The Morgan fingerprint density at radius 3 is 2.90 bits per heavy atom. The lowest BCUT2D eigenvalue weighted by Crippen LogP contribution is -2.37. The Morgan fingerprint density at radius 1 is 1.50 bits per heavy atom. The second-order valence-electron chi connectivity index (χ2n) is 4.28. The molecule has 5 nitrogen and oxygen atoms in total. The van der Waals surface area contributed by atoms with Gasteiger partial charge < -0.3 is 19.9 Å². The van der Waals surface area contributed by atoms with E-state index in [4.69, 9.17) is 21.1 Å². The van der Waals surface area contributed by atoms with E-state index in [0.717, 1.165) is 6.42 Å². The topological polar surface area (TPSA) is 67.8 Å². The van der Waals surface area contributed by atoms with E-state index in [0.29, 0.717) is 29.5 Å². The predicted octanol–water partition coefficient (Wildman–Crippen LogP) is 1.75. The normalized spacial score (nSPS) is 12.0. The highest BCUT2D eigenvalue weighted by Gasteiger charge is 2.17. The Hall–Kier alpha value is -1.30. The van der Waals surface area contributed by atoms with Gasteiger partial charge in [0.1, 0.15) is 5.75 Å². The van der Waals surface area contributed by atoms with Gasteiger partial charge in [0.25, 0.3) is 5.91 Å². The minimum Gasteiger partial charge on any atom is -0.479 e. The predicted molar refractivity (Wildman–Crippen MR) is 77.0 cm³/mol. The molecular formula is C14H20ClNO4. The van der Waals surface area contributed by atoms with Crippen LogP contribution in [0.5, 0.6) is 5.75 Å². The van der Waals surface area contributed by atoms with Gasteiger partial charge in [-0.1, -0.05) is 23.7 Å². The van der Waals surface area contributed by atoms with Crippen molar-refractivity contribution in [2.75, 3.05) is 20.3 Å². The summed E-state index contributed by atoms with van der Waals surface area (Å²) in [5.41, 5.74) is 0.552. The van der Waals surface area contributed by atoms with Gasteiger partial charge in [-0.05, 0) is 19.4 Å². The van der Waals surface area contributed by atoms with Crippen molar-refractivity contribution in [3.05, 3.63) is 28.8 Å². The van der Waals surface area contributed by atoms with Gasteiger partial charge in [0.15, 0.2) is 6.10 Å². The van der Waals surface area contributed by atoms with Crippen molar-refractivity contribution in [3.8, 4) is 5.75 Å². The fraction of sp³-hybridized carbons (Fsp3) is 0.500. The number of nitrogens with one attached hydrogen (secondary N) is 1. The van der Waals surface area contributed by atoms with Crippen molar-refractivity contribution in [1.29, 1.82) is 0 Å². The molecule has 2 N–H and O–H groups in total. The van der Waals surface area contributed by atoms with Crippen molar-refractivity contribution in [2.24, 2.45) is 0 Å². The first kappa shape index (κ1) is 16.8. The number of halogens is 1. The molecule has 1 rings (SSSR count). The van der Waals surface area contributed by atoms with Gasteiger partial charge in [0.05, 0.1) is 11.6 Å². The summed E-state index contributed by atoms with van der Waals surface area (Å²) in [4.78, 5) is 11.8. The van der Waals surface area contributed by atoms with Crippen molar-refractivity contribution in [3.63, 3.8) is 0 Å². The number of aliphatic hydroxyl groups is 1. The molecule has 0 spiro atoms. The average molecular weight is 302 g/mol. The third-order valence-corrected chi connectivity index (χ3v) is 3.00. The van der Waals surface area contributed by atoms with Crippen LogP contribution in [0.1, 0.15) is 18.9 Å². The Kier molecular flexibility index (Phi) is 7.36. The van der Waals surface area contributed by atoms with E-state index in [-0.39, 0.29) is 12.5 Å². The van der Waals surface area contributed by atoms with E-state index in [1.165, 1.54) is 0 Å². The van der Waals surface area contributed by atoms with Gasteiger partial charge in [-0.2, -0.15) is 0 Å². The maximum absolute atomic E-state index is 11.8. The molecule has 0 saturated heterocycles. The molecule has 0 bridgehead atoms. The molecule has 1 amide bonds. The maximum atomic E-state index is 11.8. The Balaban J connectivity index is 2.57. The largest absolute Gasteiger partial charge is 0.479 e. The molecule has 0 heterocycles. The van der Waals surface area contributed by atoms with Crippen LogP contribution in [0, 0.1) is 0 Å². The summed E-state index contributed by atoms with van der Waals surface area (Å²) in [5.74, 6) is 0.112. The fourth-order valence-corrected chi connectivity index (χ4v) is 1.85. The fourth-order valence-electron chi connectivity index (χ4n) is 1.61. The molecule has 0 aliphatic rings. The molecule has 1 aromatic carbocycles. The number of ether oxygens (including phenoxy) is 2. The lowest BCUT2D eigenvalue weighted by molar-refractivity contribution is -0.127. The van der Waals surface area contributed by atoms with Crippen molar-refractivity contribution in [2.45, 2.75) is 26.1 Å². The second kappa shape index (κ2) is 8.79. The molecule has 0 fully saturated rings. The van der Waals surface area contributed by atoms with Crippen LogP contribution in [0.15, 0.2) is 18.2 Å². The first-order chi connectivity index (χ1) is 9.60. The second-order valence-corrected chi connectivity index (χ2v) is 4.69. The lowest BCUT2D eigenvalue weighted by atomic mass is 10.2. The van der Waals surface area contributed by atoms with Crippen LogP contribution in [-0.2, 0) is 16.1 Å². The summed E-state index contributed by atoms with van der Waals surface area (Å²) in [6.45, 7) is 2.55. The quantitative estimate of drug-likeness (QED) is 0.718. The number of methoxy groups -OCH3 is 1. The highest BCUT2D eigenvalue weighted by molar-refractivity contribution is 6.32. The molecule has 112 valence electrons. The molecule has 0 saturated carbocycles. The van der Waals surface area contributed by atoms with Crippen LogP contribution in [0.4, 0.5) is 0 Å².